The molecule has 0 bridgehead atoms. The number of hydrogen-bond donors (Lipinski definition) is 2. The minimum Gasteiger partial charge on any atom is -0.496 e. The number of amides is 2. The number of nitrogens with zero attached hydrogens (tertiary/aromatic N) is 1. The van der Waals surface area contributed by atoms with E-state index in [1.165, 1.54) is 0 Å². The molecule has 190 valence electrons. The van der Waals surface area contributed by atoms with Crippen LogP contribution >= 0.6 is 12.4 Å². The largest absolute Gasteiger partial charge is 0.496 e. The highest BCUT2D eigenvalue weighted by molar-refractivity contribution is 6.02. The molecular weight excluding hydrogens is 478 g/mol. The standard InChI is InChI=1S/C28H31N3O4.ClH/c1-17(29-3)27(33)30-24-13-10-19-7-5-6-8-25(19)31(28(24)34)16-23-22-12-9-20(18(2)32)15-21(22)11-14-26(23)35-4;/h5-9,11-12,14-15,17,24,29H,10,13,16H2,1-4H3,(H,30,33);1H/t17-,24-;/m0./s1. The molecule has 2 N–H and O–H groups in total. The summed E-state index contributed by atoms with van der Waals surface area (Å²) >= 11 is 0. The van der Waals surface area contributed by atoms with Crippen LogP contribution in [0.5, 0.6) is 5.75 Å². The molecule has 1 aliphatic rings. The minimum absolute atomic E-state index is 0. The maximum Gasteiger partial charge on any atom is 0.249 e. The number of anilines is 1. The highest BCUT2D eigenvalue weighted by Gasteiger charge is 2.33. The van der Waals surface area contributed by atoms with Gasteiger partial charge in [-0.25, -0.2) is 0 Å². The molecule has 0 aliphatic carbocycles. The molecule has 0 saturated carbocycles. The molecule has 36 heavy (non-hydrogen) atoms. The summed E-state index contributed by atoms with van der Waals surface area (Å²) in [6, 6.07) is 16.2. The number of ether oxygens (including phenoxy) is 1. The molecule has 1 heterocycles. The van der Waals surface area contributed by atoms with Gasteiger partial charge in [-0.1, -0.05) is 36.4 Å². The number of nitrogens with one attached hydrogen (secondary N) is 2. The monoisotopic (exact) mass is 509 g/mol. The van der Waals surface area contributed by atoms with Crippen molar-refractivity contribution >= 4 is 46.5 Å². The summed E-state index contributed by atoms with van der Waals surface area (Å²) in [5.74, 6) is 0.282. The molecule has 0 aromatic heterocycles. The van der Waals surface area contributed by atoms with Crippen LogP contribution in [0.2, 0.25) is 0 Å². The number of methoxy groups -OCH3 is 1. The molecule has 2 amide bonds. The lowest BCUT2D eigenvalue weighted by atomic mass is 9.99. The van der Waals surface area contributed by atoms with Gasteiger partial charge in [0, 0.05) is 16.8 Å². The van der Waals surface area contributed by atoms with E-state index >= 15 is 0 Å². The van der Waals surface area contributed by atoms with E-state index in [1.807, 2.05) is 48.5 Å². The zero-order chi connectivity index (χ0) is 25.1. The average Bonchev–Trinajstić information content (AvgIpc) is 3.00. The van der Waals surface area contributed by atoms with Crippen LogP contribution in [0.25, 0.3) is 10.8 Å². The quantitative estimate of drug-likeness (QED) is 0.469. The maximum atomic E-state index is 13.8. The van der Waals surface area contributed by atoms with Gasteiger partial charge in [-0.3, -0.25) is 14.4 Å². The van der Waals surface area contributed by atoms with Gasteiger partial charge in [0.1, 0.15) is 11.8 Å². The number of para-hydroxylation sites is 1. The Morgan fingerprint density at radius 1 is 1.14 bits per heavy atom. The van der Waals surface area contributed by atoms with Gasteiger partial charge in [0.2, 0.25) is 11.8 Å². The number of hydrogen-bond acceptors (Lipinski definition) is 5. The van der Waals surface area contributed by atoms with Crippen LogP contribution in [0.1, 0.15) is 41.8 Å². The highest BCUT2D eigenvalue weighted by Crippen LogP contribution is 2.34. The fourth-order valence-electron chi connectivity index (χ4n) is 4.55. The topological polar surface area (TPSA) is 87.7 Å². The van der Waals surface area contributed by atoms with Gasteiger partial charge >= 0.3 is 0 Å². The SMILES string of the molecule is CN[C@@H](C)C(=O)N[C@H]1CCc2ccccc2N(Cc2c(OC)ccc3cc(C(C)=O)ccc23)C1=O.Cl. The van der Waals surface area contributed by atoms with Crippen LogP contribution in [0.4, 0.5) is 5.69 Å². The summed E-state index contributed by atoms with van der Waals surface area (Å²) in [6.07, 6.45) is 1.19. The third-order valence-corrected chi connectivity index (χ3v) is 6.72. The molecule has 0 radical (unpaired) electrons. The van der Waals surface area contributed by atoms with Crippen molar-refractivity contribution in [2.24, 2.45) is 0 Å². The summed E-state index contributed by atoms with van der Waals surface area (Å²) in [6.45, 7) is 3.57. The van der Waals surface area contributed by atoms with Crippen molar-refractivity contribution in [3.8, 4) is 5.75 Å². The Morgan fingerprint density at radius 3 is 2.58 bits per heavy atom. The summed E-state index contributed by atoms with van der Waals surface area (Å²) in [4.78, 5) is 40.1. The fourth-order valence-corrected chi connectivity index (χ4v) is 4.55. The summed E-state index contributed by atoms with van der Waals surface area (Å²) in [5, 5.41) is 7.67. The van der Waals surface area contributed by atoms with Crippen molar-refractivity contribution in [1.29, 1.82) is 0 Å². The summed E-state index contributed by atoms with van der Waals surface area (Å²) in [5.41, 5.74) is 3.36. The maximum absolute atomic E-state index is 13.8. The number of carbonyl (C=O) groups excluding carboxylic acids is 3. The van der Waals surface area contributed by atoms with Crippen LogP contribution in [0.15, 0.2) is 54.6 Å². The van der Waals surface area contributed by atoms with E-state index in [4.69, 9.17) is 4.74 Å². The average molecular weight is 510 g/mol. The van der Waals surface area contributed by atoms with Gasteiger partial charge in [-0.15, -0.1) is 12.4 Å². The molecule has 0 fully saturated rings. The lowest BCUT2D eigenvalue weighted by molar-refractivity contribution is -0.128. The predicted molar refractivity (Wildman–Crippen MR) is 144 cm³/mol. The molecule has 0 saturated heterocycles. The number of carbonyl (C=O) groups is 3. The molecule has 1 aliphatic heterocycles. The van der Waals surface area contributed by atoms with Crippen molar-refractivity contribution in [3.05, 3.63) is 71.3 Å². The van der Waals surface area contributed by atoms with Crippen LogP contribution in [0.3, 0.4) is 0 Å². The van der Waals surface area contributed by atoms with Crippen molar-refractivity contribution < 1.29 is 19.1 Å². The zero-order valence-corrected chi connectivity index (χ0v) is 21.8. The number of rotatable bonds is 7. The van der Waals surface area contributed by atoms with E-state index in [9.17, 15) is 14.4 Å². The lowest BCUT2D eigenvalue weighted by Gasteiger charge is -2.28. The van der Waals surface area contributed by atoms with E-state index in [0.29, 0.717) is 24.2 Å². The Morgan fingerprint density at radius 2 is 1.89 bits per heavy atom. The summed E-state index contributed by atoms with van der Waals surface area (Å²) in [7, 11) is 3.32. The number of fused-ring (bicyclic) bond motifs is 2. The first-order chi connectivity index (χ1) is 16.8. The van der Waals surface area contributed by atoms with Crippen LogP contribution in [-0.2, 0) is 22.6 Å². The Hall–Kier alpha value is -3.42. The van der Waals surface area contributed by atoms with E-state index in [-0.39, 0.29) is 36.5 Å². The van der Waals surface area contributed by atoms with E-state index < -0.39 is 12.1 Å². The third-order valence-electron chi connectivity index (χ3n) is 6.72. The smallest absolute Gasteiger partial charge is 0.249 e. The number of Topliss-reactive ketones (excluding diaryl/α,β-unsaturated/α-hetero) is 1. The van der Waals surface area contributed by atoms with E-state index in [0.717, 1.165) is 27.6 Å². The van der Waals surface area contributed by atoms with Crippen molar-refractivity contribution in [1.82, 2.24) is 10.6 Å². The molecule has 4 rings (SSSR count). The first-order valence-corrected chi connectivity index (χ1v) is 11.8. The Bertz CT molecular complexity index is 1290. The number of likely N-dealkylation sites (N-methyl/N-ethyl adjacent to an activating group) is 1. The third kappa shape index (κ3) is 5.37. The number of ketones is 1. The highest BCUT2D eigenvalue weighted by atomic mass is 35.5. The molecule has 3 aromatic carbocycles. The van der Waals surface area contributed by atoms with Gasteiger partial charge in [-0.05, 0) is 68.3 Å². The molecule has 8 heteroatoms. The second-order valence-corrected chi connectivity index (χ2v) is 8.90. The second-order valence-electron chi connectivity index (χ2n) is 8.90. The normalized spacial score (nSPS) is 15.9. The van der Waals surface area contributed by atoms with Gasteiger partial charge in [-0.2, -0.15) is 0 Å². The first kappa shape index (κ1) is 27.2. The first-order valence-electron chi connectivity index (χ1n) is 11.8. The second kappa shape index (κ2) is 11.5. The number of aryl methyl sites for hydroxylation is 1. The fraction of sp³-hybridized carbons (Fsp3) is 0.321. The number of benzene rings is 3. The Kier molecular flexibility index (Phi) is 8.71. The van der Waals surface area contributed by atoms with Crippen LogP contribution in [-0.4, -0.2) is 43.8 Å². The molecule has 7 nitrogen and oxygen atoms in total. The Balaban J connectivity index is 0.00000361. The summed E-state index contributed by atoms with van der Waals surface area (Å²) < 4.78 is 5.68. The van der Waals surface area contributed by atoms with Crippen molar-refractivity contribution in [2.45, 2.75) is 45.3 Å². The van der Waals surface area contributed by atoms with E-state index in [2.05, 4.69) is 10.6 Å². The minimum atomic E-state index is -0.643. The lowest BCUT2D eigenvalue weighted by Crippen LogP contribution is -2.52. The van der Waals surface area contributed by atoms with Crippen LogP contribution in [0, 0.1) is 0 Å². The molecule has 0 spiro atoms. The van der Waals surface area contributed by atoms with Gasteiger partial charge < -0.3 is 20.3 Å². The van der Waals surface area contributed by atoms with Crippen molar-refractivity contribution in [2.75, 3.05) is 19.1 Å². The van der Waals surface area contributed by atoms with E-state index in [1.54, 1.807) is 39.0 Å². The molecule has 0 unspecified atom stereocenters. The van der Waals surface area contributed by atoms with Crippen molar-refractivity contribution in [3.63, 3.8) is 0 Å². The molecule has 3 aromatic rings. The van der Waals surface area contributed by atoms with Crippen LogP contribution < -0.4 is 20.3 Å². The van der Waals surface area contributed by atoms with Gasteiger partial charge in [0.05, 0.1) is 19.7 Å². The molecular formula is C28H32ClN3O4. The van der Waals surface area contributed by atoms with Gasteiger partial charge in [0.15, 0.2) is 5.78 Å². The Labute approximate surface area is 217 Å². The number of halogens is 1. The van der Waals surface area contributed by atoms with Gasteiger partial charge in [0.25, 0.3) is 0 Å². The zero-order valence-electron chi connectivity index (χ0n) is 21.0. The molecule has 2 atom stereocenters. The predicted octanol–water partition coefficient (Wildman–Crippen LogP) is 4.04.